The highest BCUT2D eigenvalue weighted by molar-refractivity contribution is 6.35. The molecule has 0 bridgehead atoms. The first-order valence-corrected chi connectivity index (χ1v) is 7.45. The van der Waals surface area contributed by atoms with Crippen molar-refractivity contribution in [2.45, 2.75) is 46.2 Å². The lowest BCUT2D eigenvalue weighted by Gasteiger charge is -2.30. The minimum absolute atomic E-state index is 0.130. The van der Waals surface area contributed by atoms with E-state index < -0.39 is 0 Å². The molecule has 0 amide bonds. The van der Waals surface area contributed by atoms with E-state index in [0.717, 1.165) is 24.1 Å². The van der Waals surface area contributed by atoms with Gasteiger partial charge in [-0.15, -0.1) is 0 Å². The van der Waals surface area contributed by atoms with E-state index in [1.807, 2.05) is 13.0 Å². The van der Waals surface area contributed by atoms with Crippen LogP contribution in [0.4, 0.5) is 0 Å². The molecule has 108 valence electrons. The van der Waals surface area contributed by atoms with Gasteiger partial charge in [0.1, 0.15) is 5.15 Å². The van der Waals surface area contributed by atoms with Crippen LogP contribution in [-0.4, -0.2) is 34.2 Å². The summed E-state index contributed by atoms with van der Waals surface area (Å²) in [6, 6.07) is 2.24. The maximum Gasteiger partial charge on any atom is 0.135 e. The molecule has 0 unspecified atom stereocenters. The molecule has 1 rings (SSSR count). The van der Waals surface area contributed by atoms with Crippen LogP contribution in [-0.2, 0) is 6.54 Å². The maximum atomic E-state index is 9.21. The maximum absolute atomic E-state index is 9.21. The number of aliphatic hydroxyl groups excluding tert-OH is 1. The van der Waals surface area contributed by atoms with Crippen molar-refractivity contribution in [3.05, 3.63) is 27.5 Å². The lowest BCUT2D eigenvalue weighted by atomic mass is 10.1. The summed E-state index contributed by atoms with van der Waals surface area (Å²) < 4.78 is 0. The van der Waals surface area contributed by atoms with Gasteiger partial charge in [-0.25, -0.2) is 4.98 Å². The Hall–Kier alpha value is -0.350. The SMILES string of the molecule is CCC(CC)N(CCO)Cc1c(Cl)cc(C)nc1Cl. The van der Waals surface area contributed by atoms with E-state index in [0.29, 0.717) is 29.3 Å². The molecule has 0 aliphatic carbocycles. The van der Waals surface area contributed by atoms with E-state index in [2.05, 4.69) is 23.7 Å². The molecule has 5 heteroatoms. The monoisotopic (exact) mass is 304 g/mol. The van der Waals surface area contributed by atoms with E-state index in [-0.39, 0.29) is 6.61 Å². The van der Waals surface area contributed by atoms with Crippen LogP contribution < -0.4 is 0 Å². The molecular formula is C14H22Cl2N2O. The van der Waals surface area contributed by atoms with Gasteiger partial charge in [-0.3, -0.25) is 4.90 Å². The molecule has 1 aromatic heterocycles. The number of rotatable bonds is 7. The molecule has 1 heterocycles. The summed E-state index contributed by atoms with van der Waals surface area (Å²) >= 11 is 12.4. The highest BCUT2D eigenvalue weighted by Crippen LogP contribution is 2.26. The van der Waals surface area contributed by atoms with Gasteiger partial charge in [0.25, 0.3) is 0 Å². The van der Waals surface area contributed by atoms with E-state index in [1.54, 1.807) is 0 Å². The number of nitrogens with zero attached hydrogens (tertiary/aromatic N) is 2. The minimum Gasteiger partial charge on any atom is -0.395 e. The Kier molecular flexibility index (Phi) is 7.08. The summed E-state index contributed by atoms with van der Waals surface area (Å²) in [5, 5.41) is 10.3. The zero-order valence-electron chi connectivity index (χ0n) is 11.8. The van der Waals surface area contributed by atoms with Crippen molar-refractivity contribution in [3.63, 3.8) is 0 Å². The van der Waals surface area contributed by atoms with Crippen LogP contribution in [0.1, 0.15) is 37.9 Å². The summed E-state index contributed by atoms with van der Waals surface area (Å²) in [5.74, 6) is 0. The molecule has 19 heavy (non-hydrogen) atoms. The molecule has 0 atom stereocenters. The Morgan fingerprint density at radius 1 is 1.32 bits per heavy atom. The zero-order chi connectivity index (χ0) is 14.4. The Morgan fingerprint density at radius 3 is 2.42 bits per heavy atom. The fourth-order valence-corrected chi connectivity index (χ4v) is 2.94. The highest BCUT2D eigenvalue weighted by Gasteiger charge is 2.18. The van der Waals surface area contributed by atoms with E-state index in [9.17, 15) is 5.11 Å². The number of aromatic nitrogens is 1. The number of aryl methyl sites for hydroxylation is 1. The molecule has 0 fully saturated rings. The van der Waals surface area contributed by atoms with Crippen LogP contribution in [0.5, 0.6) is 0 Å². The lowest BCUT2D eigenvalue weighted by Crippen LogP contribution is -2.36. The average molecular weight is 305 g/mol. The van der Waals surface area contributed by atoms with Crippen LogP contribution in [0, 0.1) is 6.92 Å². The third kappa shape index (κ3) is 4.60. The van der Waals surface area contributed by atoms with Crippen LogP contribution in [0.3, 0.4) is 0 Å². The quantitative estimate of drug-likeness (QED) is 0.781. The van der Waals surface area contributed by atoms with Gasteiger partial charge >= 0.3 is 0 Å². The van der Waals surface area contributed by atoms with Crippen LogP contribution in [0.2, 0.25) is 10.2 Å². The van der Waals surface area contributed by atoms with Gasteiger partial charge in [0.2, 0.25) is 0 Å². The van der Waals surface area contributed by atoms with Gasteiger partial charge < -0.3 is 5.11 Å². The second-order valence-electron chi connectivity index (χ2n) is 4.68. The summed E-state index contributed by atoms with van der Waals surface area (Å²) in [4.78, 5) is 6.46. The zero-order valence-corrected chi connectivity index (χ0v) is 13.3. The molecular weight excluding hydrogens is 283 g/mol. The summed E-state index contributed by atoms with van der Waals surface area (Å²) in [7, 11) is 0. The van der Waals surface area contributed by atoms with Gasteiger partial charge in [0.05, 0.1) is 6.61 Å². The Labute approximate surface area is 125 Å². The van der Waals surface area contributed by atoms with Gasteiger partial charge in [-0.05, 0) is 25.8 Å². The van der Waals surface area contributed by atoms with E-state index in [4.69, 9.17) is 23.2 Å². The number of hydrogen-bond donors (Lipinski definition) is 1. The second kappa shape index (κ2) is 8.05. The van der Waals surface area contributed by atoms with Gasteiger partial charge in [-0.2, -0.15) is 0 Å². The summed E-state index contributed by atoms with van der Waals surface area (Å²) in [6.45, 7) is 7.54. The molecule has 0 radical (unpaired) electrons. The van der Waals surface area contributed by atoms with Crippen LogP contribution >= 0.6 is 23.2 Å². The number of pyridine rings is 1. The summed E-state index contributed by atoms with van der Waals surface area (Å²) in [6.07, 6.45) is 2.07. The van der Waals surface area contributed by atoms with Crippen LogP contribution in [0.15, 0.2) is 6.07 Å². The lowest BCUT2D eigenvalue weighted by molar-refractivity contribution is 0.136. The fraction of sp³-hybridized carbons (Fsp3) is 0.643. The normalized spacial score (nSPS) is 11.6. The number of halogens is 2. The van der Waals surface area contributed by atoms with Crippen molar-refractivity contribution in [1.82, 2.24) is 9.88 Å². The largest absolute Gasteiger partial charge is 0.395 e. The van der Waals surface area contributed by atoms with Crippen molar-refractivity contribution in [3.8, 4) is 0 Å². The topological polar surface area (TPSA) is 36.4 Å². The highest BCUT2D eigenvalue weighted by atomic mass is 35.5. The third-order valence-corrected chi connectivity index (χ3v) is 4.00. The van der Waals surface area contributed by atoms with Gasteiger partial charge in [0.15, 0.2) is 0 Å². The van der Waals surface area contributed by atoms with Gasteiger partial charge in [0, 0.05) is 35.4 Å². The molecule has 1 aromatic rings. The first-order chi connectivity index (χ1) is 9.03. The standard InChI is InChI=1S/C14H22Cl2N2O/c1-4-11(5-2)18(6-7-19)9-12-13(15)8-10(3)17-14(12)16/h8,11,19H,4-7,9H2,1-3H3. The molecule has 3 nitrogen and oxygen atoms in total. The van der Waals surface area contributed by atoms with Crippen LogP contribution in [0.25, 0.3) is 0 Å². The van der Waals surface area contributed by atoms with Crippen molar-refractivity contribution >= 4 is 23.2 Å². The predicted octanol–water partition coefficient (Wildman–Crippen LogP) is 3.68. The molecule has 0 spiro atoms. The Morgan fingerprint density at radius 2 is 1.95 bits per heavy atom. The molecule has 1 N–H and O–H groups in total. The van der Waals surface area contributed by atoms with Gasteiger partial charge in [-0.1, -0.05) is 37.0 Å². The van der Waals surface area contributed by atoms with E-state index in [1.165, 1.54) is 0 Å². The number of hydrogen-bond acceptors (Lipinski definition) is 3. The smallest absolute Gasteiger partial charge is 0.135 e. The predicted molar refractivity (Wildman–Crippen MR) is 80.9 cm³/mol. The first kappa shape index (κ1) is 16.7. The van der Waals surface area contributed by atoms with Crippen molar-refractivity contribution in [2.24, 2.45) is 0 Å². The molecule has 0 aromatic carbocycles. The number of aliphatic hydroxyl groups is 1. The summed E-state index contributed by atoms with van der Waals surface area (Å²) in [5.41, 5.74) is 1.66. The van der Waals surface area contributed by atoms with Crippen molar-refractivity contribution in [1.29, 1.82) is 0 Å². The molecule has 0 saturated heterocycles. The minimum atomic E-state index is 0.130. The van der Waals surface area contributed by atoms with E-state index >= 15 is 0 Å². The van der Waals surface area contributed by atoms with Crippen molar-refractivity contribution < 1.29 is 5.11 Å². The third-order valence-electron chi connectivity index (χ3n) is 3.35. The average Bonchev–Trinajstić information content (AvgIpc) is 2.34. The first-order valence-electron chi connectivity index (χ1n) is 6.69. The molecule has 0 aliphatic rings. The Balaban J connectivity index is 2.96. The Bertz CT molecular complexity index is 385. The molecule has 0 saturated carbocycles. The molecule has 0 aliphatic heterocycles. The fourth-order valence-electron chi connectivity index (χ4n) is 2.29. The second-order valence-corrected chi connectivity index (χ2v) is 5.44. The van der Waals surface area contributed by atoms with Crippen molar-refractivity contribution in [2.75, 3.05) is 13.2 Å².